The van der Waals surface area contributed by atoms with Crippen molar-refractivity contribution in [3.63, 3.8) is 0 Å². The van der Waals surface area contributed by atoms with Gasteiger partial charge in [0.2, 0.25) is 0 Å². The molecule has 0 aliphatic carbocycles. The number of aryl methyl sites for hydroxylation is 2. The van der Waals surface area contributed by atoms with Crippen LogP contribution >= 0.6 is 0 Å². The Hall–Kier alpha value is -1.11. The summed E-state index contributed by atoms with van der Waals surface area (Å²) in [5.41, 5.74) is 2.70. The van der Waals surface area contributed by atoms with Crippen LogP contribution < -0.4 is 0 Å². The molecular formula is C22H36O. The van der Waals surface area contributed by atoms with Crippen LogP contribution in [0.3, 0.4) is 0 Å². The van der Waals surface area contributed by atoms with Gasteiger partial charge in [-0.1, -0.05) is 84.2 Å². The highest BCUT2D eigenvalue weighted by Gasteiger charge is 2.33. The van der Waals surface area contributed by atoms with E-state index in [1.165, 1.54) is 11.1 Å². The van der Waals surface area contributed by atoms with E-state index in [4.69, 9.17) is 0 Å². The first-order valence-electron chi connectivity index (χ1n) is 9.26. The zero-order chi connectivity index (χ0) is 17.6. The summed E-state index contributed by atoms with van der Waals surface area (Å²) in [6.45, 7) is 15.3. The van der Waals surface area contributed by atoms with Crippen LogP contribution in [-0.4, -0.2) is 5.78 Å². The Morgan fingerprint density at radius 2 is 1.78 bits per heavy atom. The van der Waals surface area contributed by atoms with Crippen molar-refractivity contribution < 1.29 is 4.79 Å². The summed E-state index contributed by atoms with van der Waals surface area (Å²) < 4.78 is 0. The molecule has 130 valence electrons. The minimum Gasteiger partial charge on any atom is -0.299 e. The van der Waals surface area contributed by atoms with Gasteiger partial charge in [0.1, 0.15) is 5.78 Å². The normalized spacial score (nSPS) is 16.0. The second-order valence-corrected chi connectivity index (χ2v) is 8.39. The molecule has 1 nitrogen and oxygen atoms in total. The van der Waals surface area contributed by atoms with Gasteiger partial charge in [-0.15, -0.1) is 0 Å². The summed E-state index contributed by atoms with van der Waals surface area (Å²) in [4.78, 5) is 13.1. The predicted molar refractivity (Wildman–Crippen MR) is 101 cm³/mol. The second-order valence-electron chi connectivity index (χ2n) is 8.39. The van der Waals surface area contributed by atoms with Gasteiger partial charge in [0, 0.05) is 11.8 Å². The summed E-state index contributed by atoms with van der Waals surface area (Å²) in [6.07, 6.45) is 4.27. The molecule has 1 aromatic carbocycles. The third kappa shape index (κ3) is 6.12. The van der Waals surface area contributed by atoms with Crippen molar-refractivity contribution in [3.8, 4) is 0 Å². The van der Waals surface area contributed by atoms with Crippen LogP contribution in [0.1, 0.15) is 71.9 Å². The van der Waals surface area contributed by atoms with Gasteiger partial charge in [0.05, 0.1) is 0 Å². The maximum atomic E-state index is 13.1. The van der Waals surface area contributed by atoms with Crippen molar-refractivity contribution in [1.82, 2.24) is 0 Å². The molecule has 0 aliphatic rings. The number of ketones is 1. The van der Waals surface area contributed by atoms with Gasteiger partial charge in [-0.3, -0.25) is 4.79 Å². The molecule has 2 unspecified atom stereocenters. The minimum absolute atomic E-state index is 0.0462. The van der Waals surface area contributed by atoms with E-state index < -0.39 is 0 Å². The molecule has 1 aromatic rings. The average molecular weight is 317 g/mol. The fraction of sp³-hybridized carbons (Fsp3) is 0.682. The fourth-order valence-electron chi connectivity index (χ4n) is 3.30. The van der Waals surface area contributed by atoms with Crippen LogP contribution in [0.15, 0.2) is 24.3 Å². The van der Waals surface area contributed by atoms with Crippen molar-refractivity contribution >= 4 is 5.78 Å². The Morgan fingerprint density at radius 1 is 1.13 bits per heavy atom. The van der Waals surface area contributed by atoms with Crippen LogP contribution in [0, 0.1) is 30.1 Å². The van der Waals surface area contributed by atoms with Crippen LogP contribution in [0.4, 0.5) is 0 Å². The first-order chi connectivity index (χ1) is 10.7. The lowest BCUT2D eigenvalue weighted by Gasteiger charge is -2.32. The monoisotopic (exact) mass is 316 g/mol. The van der Waals surface area contributed by atoms with Gasteiger partial charge in [-0.05, 0) is 36.7 Å². The lowest BCUT2D eigenvalue weighted by Crippen LogP contribution is -2.34. The first-order valence-corrected chi connectivity index (χ1v) is 9.26. The lowest BCUT2D eigenvalue weighted by molar-refractivity contribution is -0.131. The third-order valence-corrected chi connectivity index (χ3v) is 5.35. The van der Waals surface area contributed by atoms with E-state index in [-0.39, 0.29) is 17.3 Å². The summed E-state index contributed by atoms with van der Waals surface area (Å²) in [7, 11) is 0. The van der Waals surface area contributed by atoms with E-state index in [1.807, 2.05) is 0 Å². The van der Waals surface area contributed by atoms with E-state index >= 15 is 0 Å². The van der Waals surface area contributed by atoms with Crippen molar-refractivity contribution in [1.29, 1.82) is 0 Å². The van der Waals surface area contributed by atoms with Crippen LogP contribution in [0.2, 0.25) is 0 Å². The van der Waals surface area contributed by atoms with Crippen molar-refractivity contribution in [2.75, 3.05) is 0 Å². The van der Waals surface area contributed by atoms with Gasteiger partial charge >= 0.3 is 0 Å². The zero-order valence-corrected chi connectivity index (χ0v) is 16.3. The number of rotatable bonds is 8. The van der Waals surface area contributed by atoms with E-state index in [0.29, 0.717) is 11.7 Å². The molecule has 3 atom stereocenters. The fourth-order valence-corrected chi connectivity index (χ4v) is 3.30. The zero-order valence-electron chi connectivity index (χ0n) is 16.3. The Bertz CT molecular complexity index is 495. The Kier molecular flexibility index (Phi) is 7.51. The molecule has 0 bridgehead atoms. The van der Waals surface area contributed by atoms with E-state index in [9.17, 15) is 4.79 Å². The Labute approximate surface area is 143 Å². The predicted octanol–water partition coefficient (Wildman–Crippen LogP) is 6.23. The molecule has 0 saturated carbocycles. The van der Waals surface area contributed by atoms with Gasteiger partial charge < -0.3 is 0 Å². The van der Waals surface area contributed by atoms with Crippen LogP contribution in [0.5, 0.6) is 0 Å². The van der Waals surface area contributed by atoms with Crippen LogP contribution in [-0.2, 0) is 11.2 Å². The Morgan fingerprint density at radius 3 is 2.30 bits per heavy atom. The number of hydrogen-bond donors (Lipinski definition) is 0. The summed E-state index contributed by atoms with van der Waals surface area (Å²) >= 11 is 0. The molecule has 0 spiro atoms. The SMILES string of the molecule is CCCC(C)[C@H](CCc1cccc(C)c1)C(=O)C(C)C(C)(C)C. The molecule has 0 fully saturated rings. The molecule has 1 heteroatoms. The van der Waals surface area contributed by atoms with E-state index in [0.717, 1.165) is 25.7 Å². The summed E-state index contributed by atoms with van der Waals surface area (Å²) in [5, 5.41) is 0. The van der Waals surface area contributed by atoms with E-state index in [2.05, 4.69) is 72.7 Å². The highest BCUT2D eigenvalue weighted by Crippen LogP contribution is 2.33. The van der Waals surface area contributed by atoms with Crippen molar-refractivity contribution in [2.45, 2.75) is 74.1 Å². The molecule has 0 aromatic heterocycles. The number of hydrogen-bond acceptors (Lipinski definition) is 1. The van der Waals surface area contributed by atoms with Gasteiger partial charge in [-0.25, -0.2) is 0 Å². The summed E-state index contributed by atoms with van der Waals surface area (Å²) in [5.74, 6) is 1.24. The van der Waals surface area contributed by atoms with Crippen molar-refractivity contribution in [3.05, 3.63) is 35.4 Å². The lowest BCUT2D eigenvalue weighted by atomic mass is 9.71. The van der Waals surface area contributed by atoms with E-state index in [1.54, 1.807) is 0 Å². The van der Waals surface area contributed by atoms with Gasteiger partial charge in [0.15, 0.2) is 0 Å². The topological polar surface area (TPSA) is 17.1 Å². The smallest absolute Gasteiger partial charge is 0.139 e. The molecule has 0 amide bonds. The molecule has 23 heavy (non-hydrogen) atoms. The first kappa shape index (κ1) is 19.9. The largest absolute Gasteiger partial charge is 0.299 e. The Balaban J connectivity index is 2.86. The minimum atomic E-state index is 0.0462. The quantitative estimate of drug-likeness (QED) is 0.555. The van der Waals surface area contributed by atoms with Crippen LogP contribution in [0.25, 0.3) is 0 Å². The second kappa shape index (κ2) is 8.66. The third-order valence-electron chi connectivity index (χ3n) is 5.35. The standard InChI is InChI=1S/C22H36O/c1-8-10-17(3)20(21(23)18(4)22(5,6)7)14-13-19-12-9-11-16(2)15-19/h9,11-12,15,17-18,20H,8,10,13-14H2,1-7H3/t17?,18?,20-/m0/s1. The highest BCUT2D eigenvalue weighted by atomic mass is 16.1. The molecule has 0 aliphatic heterocycles. The average Bonchev–Trinajstić information content (AvgIpc) is 2.45. The molecule has 0 N–H and O–H groups in total. The van der Waals surface area contributed by atoms with Gasteiger partial charge in [-0.2, -0.15) is 0 Å². The molecule has 0 heterocycles. The molecular weight excluding hydrogens is 280 g/mol. The maximum Gasteiger partial charge on any atom is 0.139 e. The molecule has 0 saturated heterocycles. The van der Waals surface area contributed by atoms with Crippen molar-refractivity contribution in [2.24, 2.45) is 23.2 Å². The number of carbonyl (C=O) groups is 1. The number of benzene rings is 1. The molecule has 0 radical (unpaired) electrons. The molecule has 1 rings (SSSR count). The summed E-state index contributed by atoms with van der Waals surface area (Å²) in [6, 6.07) is 8.69. The number of Topliss-reactive ketones (excluding diaryl/α,β-unsaturated/α-hetero) is 1. The maximum absolute atomic E-state index is 13.1. The highest BCUT2D eigenvalue weighted by molar-refractivity contribution is 5.84. The number of carbonyl (C=O) groups excluding carboxylic acids is 1. The van der Waals surface area contributed by atoms with Gasteiger partial charge in [0.25, 0.3) is 0 Å².